The zero-order chi connectivity index (χ0) is 17.0. The van der Waals surface area contributed by atoms with Crippen LogP contribution in [0.1, 0.15) is 40.5 Å². The second-order valence-electron chi connectivity index (χ2n) is 6.75. The van der Waals surface area contributed by atoms with Gasteiger partial charge in [-0.25, -0.2) is 4.99 Å². The van der Waals surface area contributed by atoms with Gasteiger partial charge in [-0.1, -0.05) is 35.5 Å². The van der Waals surface area contributed by atoms with Gasteiger partial charge in [-0.15, -0.1) is 11.3 Å². The smallest absolute Gasteiger partial charge is 0.239 e. The predicted molar refractivity (Wildman–Crippen MR) is 105 cm³/mol. The van der Waals surface area contributed by atoms with E-state index in [0.29, 0.717) is 5.75 Å². The molecule has 1 fully saturated rings. The van der Waals surface area contributed by atoms with E-state index < -0.39 is 0 Å². The van der Waals surface area contributed by atoms with E-state index >= 15 is 0 Å². The number of carbonyl (C=O) groups excluding carboxylic acids is 1. The Kier molecular flexibility index (Phi) is 3.61. The Morgan fingerprint density at radius 1 is 1.24 bits per heavy atom. The van der Waals surface area contributed by atoms with E-state index in [-0.39, 0.29) is 11.9 Å². The number of aliphatic imine (C=N–C) groups is 1. The molecule has 1 amide bonds. The van der Waals surface area contributed by atoms with Crippen LogP contribution in [0.5, 0.6) is 0 Å². The molecule has 5 heteroatoms. The van der Waals surface area contributed by atoms with Crippen LogP contribution in [0, 0.1) is 6.92 Å². The number of thiophene rings is 1. The van der Waals surface area contributed by atoms with Gasteiger partial charge >= 0.3 is 0 Å². The van der Waals surface area contributed by atoms with Gasteiger partial charge in [0, 0.05) is 10.4 Å². The minimum atomic E-state index is 0.0245. The Labute approximate surface area is 155 Å². The number of hydrogen-bond acceptors (Lipinski definition) is 4. The summed E-state index contributed by atoms with van der Waals surface area (Å²) in [5.41, 5.74) is 6.33. The van der Waals surface area contributed by atoms with Gasteiger partial charge in [0.05, 0.1) is 17.5 Å². The van der Waals surface area contributed by atoms with Gasteiger partial charge in [-0.3, -0.25) is 9.69 Å². The van der Waals surface area contributed by atoms with Crippen molar-refractivity contribution in [3.05, 3.63) is 62.9 Å². The molecule has 0 bridgehead atoms. The first-order valence-corrected chi connectivity index (χ1v) is 10.5. The number of amidine groups is 1. The van der Waals surface area contributed by atoms with Crippen molar-refractivity contribution in [3.8, 4) is 0 Å². The molecular formula is C20H18N2OS2. The summed E-state index contributed by atoms with van der Waals surface area (Å²) < 4.78 is 0. The number of fused-ring (bicyclic) bond motifs is 3. The van der Waals surface area contributed by atoms with Crippen LogP contribution < -0.4 is 0 Å². The van der Waals surface area contributed by atoms with Crippen LogP contribution in [0.2, 0.25) is 0 Å². The first-order chi connectivity index (χ1) is 12.2. The average Bonchev–Trinajstić information content (AvgIpc) is 3.22. The monoisotopic (exact) mass is 366 g/mol. The predicted octanol–water partition coefficient (Wildman–Crippen LogP) is 4.79. The molecule has 3 aliphatic rings. The molecule has 0 N–H and O–H groups in total. The molecule has 0 radical (unpaired) electrons. The molecule has 25 heavy (non-hydrogen) atoms. The number of carbonyl (C=O) groups is 1. The van der Waals surface area contributed by atoms with Crippen molar-refractivity contribution >= 4 is 39.9 Å². The highest BCUT2D eigenvalue weighted by molar-refractivity contribution is 8.15. The fourth-order valence-corrected chi connectivity index (χ4v) is 5.74. The molecule has 2 aliphatic heterocycles. The van der Waals surface area contributed by atoms with Gasteiger partial charge in [0.2, 0.25) is 5.91 Å². The van der Waals surface area contributed by atoms with Gasteiger partial charge < -0.3 is 0 Å². The molecular weight excluding hydrogens is 348 g/mol. The molecule has 1 unspecified atom stereocenters. The van der Waals surface area contributed by atoms with E-state index in [1.807, 2.05) is 4.90 Å². The molecule has 126 valence electrons. The van der Waals surface area contributed by atoms with Crippen LogP contribution in [0.4, 0.5) is 0 Å². The molecule has 0 saturated carbocycles. The summed E-state index contributed by atoms with van der Waals surface area (Å²) in [6, 6.07) is 11.0. The van der Waals surface area contributed by atoms with E-state index in [1.54, 1.807) is 23.1 Å². The van der Waals surface area contributed by atoms with Crippen LogP contribution >= 0.6 is 23.1 Å². The summed E-state index contributed by atoms with van der Waals surface area (Å²) in [4.78, 5) is 20.8. The molecule has 1 aliphatic carbocycles. The van der Waals surface area contributed by atoms with Crippen molar-refractivity contribution in [1.82, 2.24) is 4.90 Å². The maximum absolute atomic E-state index is 12.6. The molecule has 5 rings (SSSR count). The van der Waals surface area contributed by atoms with Crippen LogP contribution in [-0.4, -0.2) is 21.7 Å². The molecule has 0 spiro atoms. The Morgan fingerprint density at radius 3 is 3.00 bits per heavy atom. The highest BCUT2D eigenvalue weighted by Crippen LogP contribution is 2.47. The van der Waals surface area contributed by atoms with E-state index in [4.69, 9.17) is 4.99 Å². The zero-order valence-electron chi connectivity index (χ0n) is 14.0. The number of aryl methyl sites for hydroxylation is 2. The van der Waals surface area contributed by atoms with Crippen LogP contribution in [0.25, 0.3) is 5.70 Å². The number of hydrogen-bond donors (Lipinski definition) is 0. The second-order valence-corrected chi connectivity index (χ2v) is 8.67. The second kappa shape index (κ2) is 5.85. The molecule has 1 aromatic carbocycles. The number of rotatable bonds is 1. The van der Waals surface area contributed by atoms with Gasteiger partial charge in [0.1, 0.15) is 0 Å². The summed E-state index contributed by atoms with van der Waals surface area (Å²) in [5.74, 6) is 0.685. The lowest BCUT2D eigenvalue weighted by Crippen LogP contribution is -2.37. The lowest BCUT2D eigenvalue weighted by molar-refractivity contribution is -0.125. The maximum Gasteiger partial charge on any atom is 0.239 e. The third-order valence-electron chi connectivity index (χ3n) is 5.12. The molecule has 3 nitrogen and oxygen atoms in total. The van der Waals surface area contributed by atoms with Gasteiger partial charge in [0.15, 0.2) is 5.17 Å². The summed E-state index contributed by atoms with van der Waals surface area (Å²) in [5, 5.41) is 2.97. The number of nitrogens with zero attached hydrogens (tertiary/aromatic N) is 2. The van der Waals surface area contributed by atoms with Crippen molar-refractivity contribution in [1.29, 1.82) is 0 Å². The first kappa shape index (κ1) is 15.4. The fraction of sp³-hybridized carbons (Fsp3) is 0.300. The molecule has 2 aromatic rings. The minimum absolute atomic E-state index is 0.0245. The fourth-order valence-electron chi connectivity index (χ4n) is 4.00. The number of benzene rings is 1. The lowest BCUT2D eigenvalue weighted by atomic mass is 9.94. The summed E-state index contributed by atoms with van der Waals surface area (Å²) in [6.45, 7) is 2.14. The van der Waals surface area contributed by atoms with Gasteiger partial charge in [-0.2, -0.15) is 0 Å². The van der Waals surface area contributed by atoms with Gasteiger partial charge in [-0.05, 0) is 54.8 Å². The Hall–Kier alpha value is -1.85. The molecule has 1 aromatic heterocycles. The maximum atomic E-state index is 12.6. The van der Waals surface area contributed by atoms with Crippen molar-refractivity contribution in [2.75, 3.05) is 5.75 Å². The van der Waals surface area contributed by atoms with E-state index in [2.05, 4.69) is 42.6 Å². The minimum Gasteiger partial charge on any atom is -0.278 e. The zero-order valence-corrected chi connectivity index (χ0v) is 15.6. The van der Waals surface area contributed by atoms with E-state index in [0.717, 1.165) is 30.1 Å². The standard InChI is InChI=1S/C20H18N2OS2/c1-12-7-8-13-4-2-5-14-18(15(13)10-12)21-20-22(17(23)11-25-20)19(14)16-6-3-9-24-16/h3,6-10,19H,2,4-5,11H2,1H3. The van der Waals surface area contributed by atoms with Crippen molar-refractivity contribution in [2.24, 2.45) is 4.99 Å². The Bertz CT molecular complexity index is 927. The number of amides is 1. The largest absolute Gasteiger partial charge is 0.278 e. The first-order valence-electron chi connectivity index (χ1n) is 8.62. The third-order valence-corrected chi connectivity index (χ3v) is 6.99. The Balaban J connectivity index is 1.76. The average molecular weight is 367 g/mol. The summed E-state index contributed by atoms with van der Waals surface area (Å²) in [6.07, 6.45) is 3.18. The van der Waals surface area contributed by atoms with Crippen LogP contribution in [0.15, 0.2) is 46.3 Å². The van der Waals surface area contributed by atoms with Crippen molar-refractivity contribution in [2.45, 2.75) is 32.2 Å². The highest BCUT2D eigenvalue weighted by atomic mass is 32.2. The SMILES string of the molecule is Cc1ccc2c(c1)C1=C(CCC2)C(c2cccs2)N2C(=O)CSC2=N1. The lowest BCUT2D eigenvalue weighted by Gasteiger charge is -2.33. The van der Waals surface area contributed by atoms with E-state index in [9.17, 15) is 4.79 Å². The molecule has 3 heterocycles. The summed E-state index contributed by atoms with van der Waals surface area (Å²) in [7, 11) is 0. The summed E-state index contributed by atoms with van der Waals surface area (Å²) >= 11 is 3.31. The molecule has 1 atom stereocenters. The Morgan fingerprint density at radius 2 is 2.16 bits per heavy atom. The number of thioether (sulfide) groups is 1. The topological polar surface area (TPSA) is 32.7 Å². The van der Waals surface area contributed by atoms with Gasteiger partial charge in [0.25, 0.3) is 0 Å². The normalized spacial score (nSPS) is 22.3. The van der Waals surface area contributed by atoms with Crippen molar-refractivity contribution < 1.29 is 4.79 Å². The van der Waals surface area contributed by atoms with Crippen molar-refractivity contribution in [3.63, 3.8) is 0 Å². The van der Waals surface area contributed by atoms with Crippen LogP contribution in [-0.2, 0) is 11.2 Å². The van der Waals surface area contributed by atoms with E-state index in [1.165, 1.54) is 27.1 Å². The third kappa shape index (κ3) is 2.41. The highest BCUT2D eigenvalue weighted by Gasteiger charge is 2.42. The quantitative estimate of drug-likeness (QED) is 0.727. The van der Waals surface area contributed by atoms with Crippen LogP contribution in [0.3, 0.4) is 0 Å². The molecule has 1 saturated heterocycles.